The van der Waals surface area contributed by atoms with Crippen LogP contribution in [0.3, 0.4) is 0 Å². The van der Waals surface area contributed by atoms with Crippen molar-refractivity contribution in [3.05, 3.63) is 41.7 Å². The smallest absolute Gasteiger partial charge is 0.245 e. The lowest BCUT2D eigenvalue weighted by Gasteiger charge is -2.47. The van der Waals surface area contributed by atoms with E-state index in [1.807, 2.05) is 29.2 Å². The summed E-state index contributed by atoms with van der Waals surface area (Å²) in [5.74, 6) is 1.67. The van der Waals surface area contributed by atoms with Gasteiger partial charge < -0.3 is 20.3 Å². The summed E-state index contributed by atoms with van der Waals surface area (Å²) in [6.07, 6.45) is 11.9. The molecule has 0 bridgehead atoms. The molecular formula is C30H44N6O3S. The van der Waals surface area contributed by atoms with Crippen LogP contribution in [0.4, 0.5) is 0 Å². The zero-order chi connectivity index (χ0) is 28.4. The summed E-state index contributed by atoms with van der Waals surface area (Å²) in [5, 5.41) is 17.4. The summed E-state index contributed by atoms with van der Waals surface area (Å²) in [5.41, 5.74) is 1.58. The summed E-state index contributed by atoms with van der Waals surface area (Å²) >= 11 is 5.59. The molecule has 4 rings (SSSR count). The van der Waals surface area contributed by atoms with Crippen LogP contribution in [0.2, 0.25) is 0 Å². The second-order valence-corrected chi connectivity index (χ2v) is 11.6. The maximum atomic E-state index is 13.9. The fraction of sp³-hybridized carbons (Fsp3) is 0.633. The third-order valence-electron chi connectivity index (χ3n) is 8.72. The van der Waals surface area contributed by atoms with Gasteiger partial charge in [0, 0.05) is 44.3 Å². The number of ketones is 1. The Bertz CT molecular complexity index is 1090. The summed E-state index contributed by atoms with van der Waals surface area (Å²) in [4.78, 5) is 29.4. The van der Waals surface area contributed by atoms with Crippen molar-refractivity contribution in [2.75, 3.05) is 26.7 Å². The summed E-state index contributed by atoms with van der Waals surface area (Å²) in [7, 11) is 1.64. The number of aromatic nitrogens is 3. The van der Waals surface area contributed by atoms with Gasteiger partial charge in [-0.1, -0.05) is 38.3 Å². The van der Waals surface area contributed by atoms with E-state index in [1.54, 1.807) is 13.3 Å². The molecule has 2 fully saturated rings. The molecule has 1 aromatic heterocycles. The number of carbonyl (C=O) groups is 2. The number of Topliss-reactive ketones (excluding diaryl/α,β-unsaturated/α-hetero) is 1. The van der Waals surface area contributed by atoms with Gasteiger partial charge in [-0.2, -0.15) is 15.4 Å². The zero-order valence-electron chi connectivity index (χ0n) is 23.9. The van der Waals surface area contributed by atoms with E-state index >= 15 is 0 Å². The summed E-state index contributed by atoms with van der Waals surface area (Å²) in [6.45, 7) is 3.88. The molecule has 9 nitrogen and oxygen atoms in total. The topological polar surface area (TPSA) is 112 Å². The molecule has 1 unspecified atom stereocenters. The van der Waals surface area contributed by atoms with E-state index in [9.17, 15) is 9.59 Å². The lowest BCUT2D eigenvalue weighted by Crippen LogP contribution is -2.56. The molecule has 1 aliphatic heterocycles. The van der Waals surface area contributed by atoms with Crippen LogP contribution in [0.1, 0.15) is 76.0 Å². The highest BCUT2D eigenvalue weighted by Gasteiger charge is 2.47. The first-order valence-corrected chi connectivity index (χ1v) is 15.2. The lowest BCUT2D eigenvalue weighted by molar-refractivity contribution is -0.144. The average Bonchev–Trinajstić information content (AvgIpc) is 3.51. The van der Waals surface area contributed by atoms with Crippen molar-refractivity contribution in [2.45, 2.75) is 83.6 Å². The van der Waals surface area contributed by atoms with Gasteiger partial charge in [0.25, 0.3) is 0 Å². The Hall–Kier alpha value is -3.01. The first-order chi connectivity index (χ1) is 19.4. The second kappa shape index (κ2) is 14.6. The third kappa shape index (κ3) is 7.59. The van der Waals surface area contributed by atoms with Gasteiger partial charge in [0.1, 0.15) is 17.6 Å². The van der Waals surface area contributed by atoms with Gasteiger partial charge in [0.05, 0.1) is 19.0 Å². The monoisotopic (exact) mass is 568 g/mol. The van der Waals surface area contributed by atoms with Crippen LogP contribution < -0.4 is 15.4 Å². The SMILES string of the molecule is CCCC(=O)C1(C2CCCCC2)CCN(C(=O)C(Cc2ccc(OC)cc2)NC(=S)NCCc2cn[nH]n2)CC1. The molecule has 0 spiro atoms. The molecule has 2 aliphatic rings. The van der Waals surface area contributed by atoms with Crippen molar-refractivity contribution in [3.8, 4) is 5.75 Å². The van der Waals surface area contributed by atoms with Gasteiger partial charge in [-0.3, -0.25) is 9.59 Å². The largest absolute Gasteiger partial charge is 0.497 e. The van der Waals surface area contributed by atoms with Gasteiger partial charge in [-0.15, -0.1) is 0 Å². The van der Waals surface area contributed by atoms with E-state index in [4.69, 9.17) is 17.0 Å². The highest BCUT2D eigenvalue weighted by molar-refractivity contribution is 7.80. The number of benzene rings is 1. The Morgan fingerprint density at radius 1 is 1.18 bits per heavy atom. The number of methoxy groups -OCH3 is 1. The Morgan fingerprint density at radius 3 is 2.52 bits per heavy atom. The second-order valence-electron chi connectivity index (χ2n) is 11.2. The molecule has 1 aliphatic carbocycles. The van der Waals surface area contributed by atoms with Crippen molar-refractivity contribution in [1.82, 2.24) is 30.9 Å². The lowest BCUT2D eigenvalue weighted by atomic mass is 9.61. The third-order valence-corrected chi connectivity index (χ3v) is 8.98. The number of hydrogen-bond acceptors (Lipinski definition) is 6. The van der Waals surface area contributed by atoms with Crippen LogP contribution >= 0.6 is 12.2 Å². The molecule has 2 aromatic rings. The molecule has 1 atom stereocenters. The molecule has 1 amide bonds. The highest BCUT2D eigenvalue weighted by Crippen LogP contribution is 2.47. The van der Waals surface area contributed by atoms with Crippen molar-refractivity contribution < 1.29 is 14.3 Å². The Kier molecular flexibility index (Phi) is 10.9. The van der Waals surface area contributed by atoms with Crippen molar-refractivity contribution >= 4 is 29.0 Å². The van der Waals surface area contributed by atoms with Crippen molar-refractivity contribution in [2.24, 2.45) is 11.3 Å². The van der Waals surface area contributed by atoms with Gasteiger partial charge in [0.15, 0.2) is 5.11 Å². The quantitative estimate of drug-likeness (QED) is 0.330. The minimum absolute atomic E-state index is 0.0247. The number of carbonyl (C=O) groups excluding carboxylic acids is 2. The van der Waals surface area contributed by atoms with E-state index in [0.29, 0.717) is 55.7 Å². The van der Waals surface area contributed by atoms with Crippen LogP contribution in [-0.2, 0) is 22.4 Å². The van der Waals surface area contributed by atoms with Gasteiger partial charge in [-0.05, 0) is 67.9 Å². The number of piperidine rings is 1. The minimum Gasteiger partial charge on any atom is -0.497 e. The van der Waals surface area contributed by atoms with E-state index in [-0.39, 0.29) is 11.3 Å². The standard InChI is InChI=1S/C30H44N6O3S/c1-3-7-27(37)30(23-8-5-4-6-9-23)15-18-36(19-16-30)28(38)26(20-22-10-12-25(39-2)13-11-22)33-29(40)31-17-14-24-21-32-35-34-24/h10-13,21,23,26H,3-9,14-20H2,1-2H3,(H2,31,33,40)(H,32,34,35). The fourth-order valence-corrected chi connectivity index (χ4v) is 6.69. The maximum absolute atomic E-state index is 13.9. The van der Waals surface area contributed by atoms with Crippen LogP contribution in [0.15, 0.2) is 30.5 Å². The normalized spacial score (nSPS) is 18.1. The molecule has 218 valence electrons. The van der Waals surface area contributed by atoms with E-state index in [1.165, 1.54) is 19.3 Å². The fourth-order valence-electron chi connectivity index (χ4n) is 6.45. The maximum Gasteiger partial charge on any atom is 0.245 e. The molecule has 40 heavy (non-hydrogen) atoms. The minimum atomic E-state index is -0.519. The number of nitrogens with zero attached hydrogens (tertiary/aromatic N) is 3. The first kappa shape index (κ1) is 30.0. The molecule has 1 saturated heterocycles. The predicted octanol–water partition coefficient (Wildman–Crippen LogP) is 3.99. The molecule has 1 saturated carbocycles. The number of aromatic amines is 1. The van der Waals surface area contributed by atoms with Crippen LogP contribution in [0.25, 0.3) is 0 Å². The zero-order valence-corrected chi connectivity index (χ0v) is 24.7. The molecule has 2 heterocycles. The number of amides is 1. The average molecular weight is 569 g/mol. The Labute approximate surface area is 243 Å². The number of ether oxygens (including phenoxy) is 1. The Balaban J connectivity index is 1.43. The Morgan fingerprint density at radius 2 is 1.90 bits per heavy atom. The summed E-state index contributed by atoms with van der Waals surface area (Å²) in [6, 6.07) is 7.26. The van der Waals surface area contributed by atoms with Gasteiger partial charge in [0.2, 0.25) is 5.91 Å². The number of H-pyrrole nitrogens is 1. The van der Waals surface area contributed by atoms with Crippen molar-refractivity contribution in [3.63, 3.8) is 0 Å². The molecule has 10 heteroatoms. The predicted molar refractivity (Wildman–Crippen MR) is 159 cm³/mol. The first-order valence-electron chi connectivity index (χ1n) is 14.8. The van der Waals surface area contributed by atoms with Crippen LogP contribution in [-0.4, -0.2) is 69.9 Å². The van der Waals surface area contributed by atoms with Crippen LogP contribution in [0.5, 0.6) is 5.75 Å². The molecule has 1 aromatic carbocycles. The highest BCUT2D eigenvalue weighted by atomic mass is 32.1. The van der Waals surface area contributed by atoms with Crippen molar-refractivity contribution in [1.29, 1.82) is 0 Å². The van der Waals surface area contributed by atoms with E-state index < -0.39 is 6.04 Å². The summed E-state index contributed by atoms with van der Waals surface area (Å²) < 4.78 is 5.30. The molecule has 3 N–H and O–H groups in total. The van der Waals surface area contributed by atoms with Gasteiger partial charge in [-0.25, -0.2) is 0 Å². The molecular weight excluding hydrogens is 524 g/mol. The van der Waals surface area contributed by atoms with E-state index in [0.717, 1.165) is 49.1 Å². The van der Waals surface area contributed by atoms with Gasteiger partial charge >= 0.3 is 0 Å². The van der Waals surface area contributed by atoms with E-state index in [2.05, 4.69) is 33.0 Å². The number of thiocarbonyl (C=S) groups is 1. The van der Waals surface area contributed by atoms with Crippen LogP contribution in [0, 0.1) is 11.3 Å². The number of likely N-dealkylation sites (tertiary alicyclic amines) is 1. The number of nitrogens with one attached hydrogen (secondary N) is 3. The number of rotatable bonds is 12. The number of hydrogen-bond donors (Lipinski definition) is 3. The molecule has 0 radical (unpaired) electrons.